The van der Waals surface area contributed by atoms with E-state index in [0.717, 1.165) is 19.3 Å². The molecule has 0 aromatic heterocycles. The van der Waals surface area contributed by atoms with Crippen LogP contribution in [0.4, 0.5) is 0 Å². The van der Waals surface area contributed by atoms with Crippen LogP contribution < -0.4 is 0 Å². The summed E-state index contributed by atoms with van der Waals surface area (Å²) < 4.78 is 0. The molecule has 0 rings (SSSR count). The van der Waals surface area contributed by atoms with Gasteiger partial charge in [-0.25, -0.2) is 0 Å². The normalized spacial score (nSPS) is 11.9. The first-order valence-electron chi connectivity index (χ1n) is 18.0. The fourth-order valence-electron chi connectivity index (χ4n) is 5.30. The van der Waals surface area contributed by atoms with Gasteiger partial charge in [-0.2, -0.15) is 0 Å². The second-order valence-electron chi connectivity index (χ2n) is 12.1. The molecule has 2 nitrogen and oxygen atoms in total. The highest BCUT2D eigenvalue weighted by molar-refractivity contribution is 4.57. The summed E-state index contributed by atoms with van der Waals surface area (Å²) in [6, 6.07) is 0. The average Bonchev–Trinajstić information content (AvgIpc) is 2.92. The molecule has 0 heterocycles. The Labute approximate surface area is 242 Å². The van der Waals surface area contributed by atoms with Gasteiger partial charge < -0.3 is 10.2 Å². The number of hydrogen-bond donors (Lipinski definition) is 2. The van der Waals surface area contributed by atoms with E-state index in [-0.39, 0.29) is 6.10 Å². The first-order chi connectivity index (χ1) is 18.7. The smallest absolute Gasteiger partial charge is 0.0540 e. The van der Waals surface area contributed by atoms with Gasteiger partial charge in [-0.05, 0) is 19.3 Å². The number of aliphatic hydroxyl groups is 2. The van der Waals surface area contributed by atoms with Gasteiger partial charge in [0.2, 0.25) is 0 Å². The van der Waals surface area contributed by atoms with Crippen LogP contribution in [-0.4, -0.2) is 22.9 Å². The zero-order chi connectivity index (χ0) is 28.2. The van der Waals surface area contributed by atoms with Gasteiger partial charge in [-0.15, -0.1) is 0 Å². The van der Waals surface area contributed by atoms with Crippen LogP contribution in [0.25, 0.3) is 0 Å². The molecule has 0 fully saturated rings. The van der Waals surface area contributed by atoms with Gasteiger partial charge in [-0.3, -0.25) is 0 Å². The quantitative estimate of drug-likeness (QED) is 0.0858. The SMILES string of the molecule is CCCCCCCCCCCC(O)CCCCCCCC.CCCCCCCCCCCCCCCCO. The number of rotatable bonds is 31. The zero-order valence-electron chi connectivity index (χ0n) is 27.1. The van der Waals surface area contributed by atoms with E-state index in [4.69, 9.17) is 5.11 Å². The Kier molecular flexibility index (Phi) is 41.2. The Bertz CT molecular complexity index is 356. The van der Waals surface area contributed by atoms with Gasteiger partial charge in [0.1, 0.15) is 0 Å². The minimum Gasteiger partial charge on any atom is -0.396 e. The lowest BCUT2D eigenvalue weighted by Gasteiger charge is -2.10. The van der Waals surface area contributed by atoms with Gasteiger partial charge in [0.25, 0.3) is 0 Å². The van der Waals surface area contributed by atoms with Crippen LogP contribution >= 0.6 is 0 Å². The van der Waals surface area contributed by atoms with Gasteiger partial charge in [-0.1, -0.05) is 201 Å². The highest BCUT2D eigenvalue weighted by Crippen LogP contribution is 2.15. The first kappa shape index (κ1) is 40.1. The van der Waals surface area contributed by atoms with Crippen molar-refractivity contribution < 1.29 is 10.2 Å². The van der Waals surface area contributed by atoms with Crippen molar-refractivity contribution in [3.63, 3.8) is 0 Å². The molecule has 2 N–H and O–H groups in total. The third kappa shape index (κ3) is 40.4. The van der Waals surface area contributed by atoms with Crippen molar-refractivity contribution in [3.05, 3.63) is 0 Å². The molecular weight excluding hydrogens is 464 g/mol. The van der Waals surface area contributed by atoms with Crippen LogP contribution in [0.5, 0.6) is 0 Å². The van der Waals surface area contributed by atoms with Gasteiger partial charge in [0.15, 0.2) is 0 Å². The van der Waals surface area contributed by atoms with Crippen LogP contribution in [0.15, 0.2) is 0 Å². The van der Waals surface area contributed by atoms with E-state index in [1.807, 2.05) is 0 Å². The maximum absolute atomic E-state index is 9.95. The molecule has 0 aliphatic carbocycles. The van der Waals surface area contributed by atoms with Crippen LogP contribution in [0.2, 0.25) is 0 Å². The Morgan fingerprint density at radius 3 is 0.763 bits per heavy atom. The molecule has 0 radical (unpaired) electrons. The highest BCUT2D eigenvalue weighted by Gasteiger charge is 2.03. The topological polar surface area (TPSA) is 40.5 Å². The molecule has 1 atom stereocenters. The summed E-state index contributed by atoms with van der Waals surface area (Å²) in [6.07, 6.45) is 41.6. The third-order valence-electron chi connectivity index (χ3n) is 8.04. The molecule has 0 saturated carbocycles. The number of hydrogen-bond acceptors (Lipinski definition) is 2. The molecule has 0 saturated heterocycles. The summed E-state index contributed by atoms with van der Waals surface area (Å²) in [7, 11) is 0. The second-order valence-corrected chi connectivity index (χ2v) is 12.1. The molecule has 232 valence electrons. The number of aliphatic hydroxyl groups excluding tert-OH is 2. The Morgan fingerprint density at radius 1 is 0.316 bits per heavy atom. The molecule has 0 aromatic rings. The predicted octanol–water partition coefficient (Wildman–Crippen LogP) is 12.5. The zero-order valence-corrected chi connectivity index (χ0v) is 27.1. The minimum absolute atomic E-state index is 0.0271. The van der Waals surface area contributed by atoms with Crippen molar-refractivity contribution in [2.24, 2.45) is 0 Å². The van der Waals surface area contributed by atoms with E-state index >= 15 is 0 Å². The average molecular weight is 541 g/mol. The van der Waals surface area contributed by atoms with E-state index in [0.29, 0.717) is 6.61 Å². The summed E-state index contributed by atoms with van der Waals surface area (Å²) in [5, 5.41) is 18.6. The predicted molar refractivity (Wildman–Crippen MR) is 173 cm³/mol. The fourth-order valence-corrected chi connectivity index (χ4v) is 5.30. The van der Waals surface area contributed by atoms with E-state index in [9.17, 15) is 5.11 Å². The van der Waals surface area contributed by atoms with Crippen molar-refractivity contribution in [2.75, 3.05) is 6.61 Å². The summed E-state index contributed by atoms with van der Waals surface area (Å²) in [5.41, 5.74) is 0. The standard InChI is InChI=1S/C20H42O.C16H34O/c1-3-5-7-9-11-12-13-15-17-19-20(21)18-16-14-10-8-6-4-2;1-2-3-4-5-6-7-8-9-10-11-12-13-14-15-16-17/h20-21H,3-19H2,1-2H3;17H,2-16H2,1H3. The molecule has 0 bridgehead atoms. The minimum atomic E-state index is -0.0271. The molecule has 0 aliphatic heterocycles. The van der Waals surface area contributed by atoms with E-state index in [1.165, 1.54) is 180 Å². The first-order valence-corrected chi connectivity index (χ1v) is 18.0. The highest BCUT2D eigenvalue weighted by atomic mass is 16.3. The molecular formula is C36H76O2. The fraction of sp³-hybridized carbons (Fsp3) is 1.00. The molecule has 0 aliphatic rings. The van der Waals surface area contributed by atoms with Crippen molar-refractivity contribution in [3.8, 4) is 0 Å². The Balaban J connectivity index is 0. The summed E-state index contributed by atoms with van der Waals surface area (Å²) >= 11 is 0. The summed E-state index contributed by atoms with van der Waals surface area (Å²) in [5.74, 6) is 0. The van der Waals surface area contributed by atoms with Crippen molar-refractivity contribution in [1.29, 1.82) is 0 Å². The van der Waals surface area contributed by atoms with Crippen molar-refractivity contribution >= 4 is 0 Å². The molecule has 1 unspecified atom stereocenters. The summed E-state index contributed by atoms with van der Waals surface area (Å²) in [4.78, 5) is 0. The van der Waals surface area contributed by atoms with E-state index in [2.05, 4.69) is 20.8 Å². The lowest BCUT2D eigenvalue weighted by atomic mass is 10.0. The van der Waals surface area contributed by atoms with Gasteiger partial charge in [0, 0.05) is 6.61 Å². The lowest BCUT2D eigenvalue weighted by Crippen LogP contribution is -2.05. The second kappa shape index (κ2) is 39.1. The van der Waals surface area contributed by atoms with E-state index < -0.39 is 0 Å². The lowest BCUT2D eigenvalue weighted by molar-refractivity contribution is 0.147. The molecule has 2 heteroatoms. The van der Waals surface area contributed by atoms with E-state index in [1.54, 1.807) is 0 Å². The van der Waals surface area contributed by atoms with Crippen LogP contribution in [0.1, 0.15) is 220 Å². The third-order valence-corrected chi connectivity index (χ3v) is 8.04. The molecule has 38 heavy (non-hydrogen) atoms. The Morgan fingerprint density at radius 2 is 0.526 bits per heavy atom. The Hall–Kier alpha value is -0.0800. The maximum Gasteiger partial charge on any atom is 0.0540 e. The molecule has 0 aromatic carbocycles. The number of unbranched alkanes of at least 4 members (excludes halogenated alkanes) is 26. The molecule has 0 spiro atoms. The maximum atomic E-state index is 9.95. The van der Waals surface area contributed by atoms with Crippen molar-refractivity contribution in [2.45, 2.75) is 226 Å². The van der Waals surface area contributed by atoms with Crippen LogP contribution in [-0.2, 0) is 0 Å². The molecule has 0 amide bonds. The van der Waals surface area contributed by atoms with Gasteiger partial charge in [0.05, 0.1) is 6.10 Å². The van der Waals surface area contributed by atoms with Crippen molar-refractivity contribution in [1.82, 2.24) is 0 Å². The summed E-state index contributed by atoms with van der Waals surface area (Å²) in [6.45, 7) is 7.18. The largest absolute Gasteiger partial charge is 0.396 e. The monoisotopic (exact) mass is 541 g/mol. The van der Waals surface area contributed by atoms with Crippen LogP contribution in [0, 0.1) is 0 Å². The van der Waals surface area contributed by atoms with Crippen LogP contribution in [0.3, 0.4) is 0 Å². The van der Waals surface area contributed by atoms with Gasteiger partial charge >= 0.3 is 0 Å².